The van der Waals surface area contributed by atoms with Gasteiger partial charge < -0.3 is 5.11 Å². The molecule has 2 rings (SSSR count). The molecule has 0 aliphatic heterocycles. The van der Waals surface area contributed by atoms with Gasteiger partial charge in [-0.1, -0.05) is 23.7 Å². The first-order chi connectivity index (χ1) is 6.50. The summed E-state index contributed by atoms with van der Waals surface area (Å²) in [6, 6.07) is 6.31. The van der Waals surface area contributed by atoms with Gasteiger partial charge in [0.2, 0.25) is 0 Å². The van der Waals surface area contributed by atoms with E-state index in [1.54, 1.807) is 24.3 Å². The van der Waals surface area contributed by atoms with Crippen LogP contribution in [0.3, 0.4) is 0 Å². The fraction of sp³-hybridized carbons (Fsp3) is 0.400. The highest BCUT2D eigenvalue weighted by atomic mass is 35.5. The summed E-state index contributed by atoms with van der Waals surface area (Å²) < 4.78 is 25.3. The Morgan fingerprint density at radius 2 is 1.86 bits per heavy atom. The Kier molecular flexibility index (Phi) is 2.24. The van der Waals surface area contributed by atoms with Crippen LogP contribution < -0.4 is 0 Å². The molecule has 2 unspecified atom stereocenters. The number of hydrogen-bond acceptors (Lipinski definition) is 1. The predicted molar refractivity (Wildman–Crippen MR) is 49.5 cm³/mol. The highest BCUT2D eigenvalue weighted by Gasteiger charge is 2.60. The van der Waals surface area contributed by atoms with Crippen molar-refractivity contribution >= 4 is 11.6 Å². The highest BCUT2D eigenvalue weighted by molar-refractivity contribution is 6.30. The Hall–Kier alpha value is -0.670. The quantitative estimate of drug-likeness (QED) is 0.809. The van der Waals surface area contributed by atoms with Gasteiger partial charge in [-0.25, -0.2) is 8.78 Å². The summed E-state index contributed by atoms with van der Waals surface area (Å²) in [6.45, 7) is 0. The molecule has 0 aromatic heterocycles. The first-order valence-corrected chi connectivity index (χ1v) is 4.70. The van der Waals surface area contributed by atoms with Gasteiger partial charge in [0, 0.05) is 11.4 Å². The van der Waals surface area contributed by atoms with E-state index in [1.807, 2.05) is 0 Å². The van der Waals surface area contributed by atoms with Crippen molar-refractivity contribution < 1.29 is 13.9 Å². The number of benzene rings is 1. The van der Waals surface area contributed by atoms with Crippen molar-refractivity contribution in [1.82, 2.24) is 0 Å². The summed E-state index contributed by atoms with van der Waals surface area (Å²) in [5.41, 5.74) is 0.497. The minimum absolute atomic E-state index is 0.225. The molecule has 1 aromatic carbocycles. The van der Waals surface area contributed by atoms with Gasteiger partial charge in [0.05, 0.1) is 12.0 Å². The average Bonchev–Trinajstić information content (AvgIpc) is 2.75. The molecule has 0 bridgehead atoms. The van der Waals surface area contributed by atoms with Crippen molar-refractivity contribution in [2.24, 2.45) is 5.92 Å². The van der Waals surface area contributed by atoms with E-state index in [0.717, 1.165) is 0 Å². The minimum Gasteiger partial charge on any atom is -0.388 e. The van der Waals surface area contributed by atoms with Gasteiger partial charge in [0.1, 0.15) is 0 Å². The largest absolute Gasteiger partial charge is 0.388 e. The molecular formula is C10H9ClF2O. The number of aliphatic hydroxyl groups is 1. The second-order valence-corrected chi connectivity index (χ2v) is 4.00. The molecule has 4 heteroatoms. The van der Waals surface area contributed by atoms with Crippen LogP contribution in [0.1, 0.15) is 18.1 Å². The first kappa shape index (κ1) is 9.87. The molecule has 1 fully saturated rings. The maximum Gasteiger partial charge on any atom is 0.254 e. The molecule has 1 N–H and O–H groups in total. The number of hydrogen-bond donors (Lipinski definition) is 1. The molecule has 1 aliphatic rings. The van der Waals surface area contributed by atoms with Crippen LogP contribution in [0.5, 0.6) is 0 Å². The maximum absolute atomic E-state index is 12.6. The van der Waals surface area contributed by atoms with Crippen LogP contribution in [0.15, 0.2) is 24.3 Å². The molecule has 1 nitrogen and oxygen atoms in total. The van der Waals surface area contributed by atoms with E-state index in [1.165, 1.54) is 0 Å². The number of aliphatic hydroxyl groups excluding tert-OH is 1. The Morgan fingerprint density at radius 3 is 2.29 bits per heavy atom. The fourth-order valence-corrected chi connectivity index (χ4v) is 1.60. The van der Waals surface area contributed by atoms with E-state index in [0.29, 0.717) is 10.6 Å². The van der Waals surface area contributed by atoms with Crippen LogP contribution >= 0.6 is 11.6 Å². The normalized spacial score (nSPS) is 25.9. The van der Waals surface area contributed by atoms with Gasteiger partial charge in [-0.15, -0.1) is 0 Å². The lowest BCUT2D eigenvalue weighted by Crippen LogP contribution is -2.05. The van der Waals surface area contributed by atoms with Crippen LogP contribution in [-0.4, -0.2) is 11.0 Å². The number of halogens is 3. The van der Waals surface area contributed by atoms with E-state index >= 15 is 0 Å². The molecule has 0 radical (unpaired) electrons. The molecule has 76 valence electrons. The zero-order chi connectivity index (χ0) is 10.3. The monoisotopic (exact) mass is 218 g/mol. The van der Waals surface area contributed by atoms with Crippen molar-refractivity contribution in [1.29, 1.82) is 0 Å². The van der Waals surface area contributed by atoms with Gasteiger partial charge in [-0.3, -0.25) is 0 Å². The van der Waals surface area contributed by atoms with Crippen molar-refractivity contribution in [3.05, 3.63) is 34.9 Å². The summed E-state index contributed by atoms with van der Waals surface area (Å²) in [6.07, 6.45) is -1.31. The lowest BCUT2D eigenvalue weighted by atomic mass is 10.1. The number of rotatable bonds is 2. The summed E-state index contributed by atoms with van der Waals surface area (Å²) in [5.74, 6) is -3.62. The van der Waals surface area contributed by atoms with Crippen LogP contribution in [0.2, 0.25) is 5.02 Å². The first-order valence-electron chi connectivity index (χ1n) is 4.32. The van der Waals surface area contributed by atoms with Crippen LogP contribution in [0, 0.1) is 5.92 Å². The zero-order valence-electron chi connectivity index (χ0n) is 7.25. The molecule has 2 atom stereocenters. The summed E-state index contributed by atoms with van der Waals surface area (Å²) in [7, 11) is 0. The van der Waals surface area contributed by atoms with Crippen molar-refractivity contribution in [2.45, 2.75) is 18.4 Å². The molecule has 0 saturated heterocycles. The highest BCUT2D eigenvalue weighted by Crippen LogP contribution is 2.55. The minimum atomic E-state index is -2.70. The summed E-state index contributed by atoms with van der Waals surface area (Å²) >= 11 is 5.64. The van der Waals surface area contributed by atoms with Gasteiger partial charge in [0.25, 0.3) is 5.92 Å². The third-order valence-corrected chi connectivity index (χ3v) is 2.72. The van der Waals surface area contributed by atoms with E-state index in [-0.39, 0.29) is 6.42 Å². The third kappa shape index (κ3) is 1.74. The van der Waals surface area contributed by atoms with Crippen LogP contribution in [0.4, 0.5) is 8.78 Å². The van der Waals surface area contributed by atoms with Gasteiger partial charge in [0.15, 0.2) is 0 Å². The zero-order valence-corrected chi connectivity index (χ0v) is 8.01. The van der Waals surface area contributed by atoms with Gasteiger partial charge in [-0.05, 0) is 17.7 Å². The molecule has 0 heterocycles. The van der Waals surface area contributed by atoms with Crippen molar-refractivity contribution in [3.63, 3.8) is 0 Å². The summed E-state index contributed by atoms with van der Waals surface area (Å²) in [5, 5.41) is 10.1. The molecule has 0 amide bonds. The molecular weight excluding hydrogens is 210 g/mol. The molecule has 14 heavy (non-hydrogen) atoms. The SMILES string of the molecule is OC(c1ccc(Cl)cc1)C1CC1(F)F. The maximum atomic E-state index is 12.6. The third-order valence-electron chi connectivity index (χ3n) is 2.47. The van der Waals surface area contributed by atoms with Crippen LogP contribution in [0.25, 0.3) is 0 Å². The second-order valence-electron chi connectivity index (χ2n) is 3.57. The predicted octanol–water partition coefficient (Wildman–Crippen LogP) is 3.03. The molecule has 1 aromatic rings. The van der Waals surface area contributed by atoms with Crippen molar-refractivity contribution in [3.8, 4) is 0 Å². The van der Waals surface area contributed by atoms with E-state index < -0.39 is 17.9 Å². The fourth-order valence-electron chi connectivity index (χ4n) is 1.47. The smallest absolute Gasteiger partial charge is 0.254 e. The van der Waals surface area contributed by atoms with Gasteiger partial charge in [-0.2, -0.15) is 0 Å². The average molecular weight is 219 g/mol. The molecule has 0 spiro atoms. The summed E-state index contributed by atoms with van der Waals surface area (Å²) in [4.78, 5) is 0. The van der Waals surface area contributed by atoms with Crippen molar-refractivity contribution in [2.75, 3.05) is 0 Å². The Morgan fingerprint density at radius 1 is 1.36 bits per heavy atom. The topological polar surface area (TPSA) is 20.2 Å². The van der Waals surface area contributed by atoms with Gasteiger partial charge >= 0.3 is 0 Å². The van der Waals surface area contributed by atoms with E-state index in [4.69, 9.17) is 11.6 Å². The Labute approximate surface area is 85.3 Å². The molecule has 1 aliphatic carbocycles. The van der Waals surface area contributed by atoms with E-state index in [2.05, 4.69) is 0 Å². The Bertz CT molecular complexity index is 336. The second kappa shape index (κ2) is 3.17. The lowest BCUT2D eigenvalue weighted by Gasteiger charge is -2.09. The Balaban J connectivity index is 2.13. The number of alkyl halides is 2. The molecule has 1 saturated carbocycles. The lowest BCUT2D eigenvalue weighted by molar-refractivity contribution is 0.0478. The van der Waals surface area contributed by atoms with E-state index in [9.17, 15) is 13.9 Å². The standard InChI is InChI=1S/C10H9ClF2O/c11-7-3-1-6(2-4-7)9(14)8-5-10(8,12)13/h1-4,8-9,14H,5H2. The van der Waals surface area contributed by atoms with Crippen LogP contribution in [-0.2, 0) is 0 Å².